The van der Waals surface area contributed by atoms with Crippen LogP contribution in [0.2, 0.25) is 0 Å². The Balaban J connectivity index is 1.04. The first kappa shape index (κ1) is 36.7. The van der Waals surface area contributed by atoms with Crippen molar-refractivity contribution in [3.8, 4) is 27.9 Å². The maximum Gasteiger partial charge on any atom is 0.171 e. The van der Waals surface area contributed by atoms with Gasteiger partial charge in [-0.3, -0.25) is 0 Å². The molecular formula is C60H38NO2P. The quantitative estimate of drug-likeness (QED) is 0.156. The van der Waals surface area contributed by atoms with Gasteiger partial charge in [0.05, 0.1) is 11.0 Å². The number of furan rings is 1. The van der Waals surface area contributed by atoms with E-state index >= 15 is 4.57 Å². The van der Waals surface area contributed by atoms with Gasteiger partial charge in [-0.2, -0.15) is 0 Å². The molecule has 4 heteroatoms. The molecule has 0 saturated heterocycles. The Kier molecular flexibility index (Phi) is 8.19. The molecule has 11 aromatic carbocycles. The fourth-order valence-corrected chi connectivity index (χ4v) is 12.9. The lowest BCUT2D eigenvalue weighted by molar-refractivity contribution is 0.592. The van der Waals surface area contributed by atoms with Crippen LogP contribution in [0.4, 0.5) is 0 Å². The normalized spacial score (nSPS) is 12.1. The molecule has 0 amide bonds. The monoisotopic (exact) mass is 835 g/mol. The van der Waals surface area contributed by atoms with Gasteiger partial charge in [-0.25, -0.2) is 0 Å². The second-order valence-corrected chi connectivity index (χ2v) is 19.5. The first-order chi connectivity index (χ1) is 31.6. The van der Waals surface area contributed by atoms with Gasteiger partial charge in [0.15, 0.2) is 7.14 Å². The second kappa shape index (κ2) is 14.3. The molecule has 0 aliphatic rings. The van der Waals surface area contributed by atoms with Crippen LogP contribution >= 0.6 is 7.14 Å². The summed E-state index contributed by atoms with van der Waals surface area (Å²) in [4.78, 5) is 0. The summed E-state index contributed by atoms with van der Waals surface area (Å²) < 4.78 is 24.9. The Labute approximate surface area is 369 Å². The van der Waals surface area contributed by atoms with E-state index in [-0.39, 0.29) is 0 Å². The highest BCUT2D eigenvalue weighted by molar-refractivity contribution is 7.85. The molecule has 0 saturated carbocycles. The number of benzene rings is 11. The molecule has 0 bridgehead atoms. The SMILES string of the molecule is O=P(c1ccccc1)(c1ccccc1)c1ccc2c(c1)c1cc(-c3ccc(-c4cc5ccccc5c5c4oc4cc6ccccc6cc45)c4ccccc34)ccc1n2-c1ccccc1. The van der Waals surface area contributed by atoms with E-state index < -0.39 is 7.14 Å². The number of aromatic nitrogens is 1. The number of rotatable bonds is 6. The van der Waals surface area contributed by atoms with Crippen LogP contribution in [0.1, 0.15) is 0 Å². The summed E-state index contributed by atoms with van der Waals surface area (Å²) in [7, 11) is -3.23. The molecule has 0 spiro atoms. The zero-order valence-corrected chi connectivity index (χ0v) is 35.5. The number of fused-ring (bicyclic) bond motifs is 10. The van der Waals surface area contributed by atoms with Gasteiger partial charge in [-0.05, 0) is 110 Å². The van der Waals surface area contributed by atoms with Gasteiger partial charge in [0.1, 0.15) is 11.2 Å². The zero-order chi connectivity index (χ0) is 42.4. The first-order valence-corrected chi connectivity index (χ1v) is 23.5. The molecule has 0 unspecified atom stereocenters. The molecule has 3 nitrogen and oxygen atoms in total. The van der Waals surface area contributed by atoms with Gasteiger partial charge in [0, 0.05) is 48.7 Å². The van der Waals surface area contributed by atoms with E-state index in [1.54, 1.807) is 0 Å². The molecule has 0 radical (unpaired) electrons. The van der Waals surface area contributed by atoms with Crippen LogP contribution in [-0.4, -0.2) is 4.57 Å². The molecule has 0 aliphatic heterocycles. The number of hydrogen-bond donors (Lipinski definition) is 0. The number of hydrogen-bond acceptors (Lipinski definition) is 2. The van der Waals surface area contributed by atoms with Gasteiger partial charge in [0.25, 0.3) is 0 Å². The van der Waals surface area contributed by atoms with Crippen molar-refractivity contribution >= 4 is 99.1 Å². The molecule has 64 heavy (non-hydrogen) atoms. The highest BCUT2D eigenvalue weighted by atomic mass is 31.2. The van der Waals surface area contributed by atoms with Crippen LogP contribution in [0.5, 0.6) is 0 Å². The van der Waals surface area contributed by atoms with Crippen LogP contribution in [-0.2, 0) is 4.57 Å². The molecule has 0 aliphatic carbocycles. The van der Waals surface area contributed by atoms with Crippen molar-refractivity contribution in [2.75, 3.05) is 0 Å². The lowest BCUT2D eigenvalue weighted by Crippen LogP contribution is -2.24. The van der Waals surface area contributed by atoms with Gasteiger partial charge in [0.2, 0.25) is 0 Å². The van der Waals surface area contributed by atoms with Crippen LogP contribution < -0.4 is 15.9 Å². The van der Waals surface area contributed by atoms with Crippen LogP contribution in [0.3, 0.4) is 0 Å². The van der Waals surface area contributed by atoms with Crippen LogP contribution in [0, 0.1) is 0 Å². The second-order valence-electron chi connectivity index (χ2n) is 16.7. The Morgan fingerprint density at radius 2 is 0.906 bits per heavy atom. The number of nitrogens with zero attached hydrogens (tertiary/aromatic N) is 1. The van der Waals surface area contributed by atoms with Crippen molar-refractivity contribution < 1.29 is 8.98 Å². The third kappa shape index (κ3) is 5.51. The maximum absolute atomic E-state index is 15.7. The van der Waals surface area contributed by atoms with Crippen molar-refractivity contribution in [1.29, 1.82) is 0 Å². The van der Waals surface area contributed by atoms with Crippen LogP contribution in [0.15, 0.2) is 235 Å². The molecule has 2 heterocycles. The van der Waals surface area contributed by atoms with Crippen molar-refractivity contribution in [1.82, 2.24) is 4.57 Å². The van der Waals surface area contributed by atoms with E-state index in [0.29, 0.717) is 0 Å². The Bertz CT molecular complexity index is 3990. The molecule has 0 atom stereocenters. The van der Waals surface area contributed by atoms with Crippen molar-refractivity contribution in [3.63, 3.8) is 0 Å². The molecule has 0 fully saturated rings. The van der Waals surface area contributed by atoms with E-state index in [4.69, 9.17) is 4.42 Å². The predicted octanol–water partition coefficient (Wildman–Crippen LogP) is 15.1. The van der Waals surface area contributed by atoms with Crippen molar-refractivity contribution in [2.45, 2.75) is 0 Å². The fourth-order valence-electron chi connectivity index (χ4n) is 10.2. The predicted molar refractivity (Wildman–Crippen MR) is 271 cm³/mol. The highest BCUT2D eigenvalue weighted by Crippen LogP contribution is 2.47. The van der Waals surface area contributed by atoms with Gasteiger partial charge >= 0.3 is 0 Å². The van der Waals surface area contributed by atoms with E-state index in [9.17, 15) is 0 Å². The average molecular weight is 836 g/mol. The summed E-state index contributed by atoms with van der Waals surface area (Å²) in [6, 6.07) is 80.9. The minimum Gasteiger partial charge on any atom is -0.455 e. The third-order valence-corrected chi connectivity index (χ3v) is 16.3. The molecule has 13 rings (SSSR count). The standard InChI is InChI=1S/C60H38NO2P/c62-64(44-21-6-2-7-22-44,45-23-8-3-9-24-45)46-29-33-57-53(38-46)52-35-42(28-32-56(52)61(57)43-19-4-1-5-20-43)47-30-31-51(50-27-15-14-26-49(47)50)54-36-41-18-12-13-25-48(41)59-55-34-39-16-10-11-17-40(39)37-58(55)63-60(54)59/h1-38H. The van der Waals surface area contributed by atoms with E-state index in [1.807, 2.05) is 60.7 Å². The molecular weight excluding hydrogens is 798 g/mol. The largest absolute Gasteiger partial charge is 0.455 e. The Morgan fingerprint density at radius 1 is 0.359 bits per heavy atom. The Morgan fingerprint density at radius 3 is 1.61 bits per heavy atom. The summed E-state index contributed by atoms with van der Waals surface area (Å²) in [6.07, 6.45) is 0. The molecule has 13 aromatic rings. The first-order valence-electron chi connectivity index (χ1n) is 21.8. The molecule has 2 aromatic heterocycles. The lowest BCUT2D eigenvalue weighted by atomic mass is 9.89. The van der Waals surface area contributed by atoms with Gasteiger partial charge in [-0.15, -0.1) is 0 Å². The maximum atomic E-state index is 15.7. The number of para-hydroxylation sites is 1. The van der Waals surface area contributed by atoms with E-state index in [1.165, 1.54) is 16.2 Å². The average Bonchev–Trinajstić information content (AvgIpc) is 3.90. The van der Waals surface area contributed by atoms with E-state index in [2.05, 4.69) is 174 Å². The molecule has 300 valence electrons. The third-order valence-electron chi connectivity index (χ3n) is 13.2. The summed E-state index contributed by atoms with van der Waals surface area (Å²) in [5.41, 5.74) is 9.48. The Hall–Kier alpha value is -7.97. The minimum atomic E-state index is -3.23. The topological polar surface area (TPSA) is 35.1 Å². The molecule has 0 N–H and O–H groups in total. The highest BCUT2D eigenvalue weighted by Gasteiger charge is 2.30. The van der Waals surface area contributed by atoms with Crippen molar-refractivity contribution in [3.05, 3.63) is 231 Å². The lowest BCUT2D eigenvalue weighted by Gasteiger charge is -2.20. The summed E-state index contributed by atoms with van der Waals surface area (Å²) in [5.74, 6) is 0. The van der Waals surface area contributed by atoms with E-state index in [0.717, 1.165) is 104 Å². The summed E-state index contributed by atoms with van der Waals surface area (Å²) >= 11 is 0. The van der Waals surface area contributed by atoms with Crippen molar-refractivity contribution in [2.24, 2.45) is 0 Å². The van der Waals surface area contributed by atoms with Gasteiger partial charge in [-0.1, -0.05) is 170 Å². The smallest absolute Gasteiger partial charge is 0.171 e. The summed E-state index contributed by atoms with van der Waals surface area (Å²) in [6.45, 7) is 0. The minimum absolute atomic E-state index is 0.810. The summed E-state index contributed by atoms with van der Waals surface area (Å²) in [5, 5.41) is 13.9. The zero-order valence-electron chi connectivity index (χ0n) is 34.7. The van der Waals surface area contributed by atoms with Crippen LogP contribution in [0.25, 0.3) is 104 Å². The van der Waals surface area contributed by atoms with Gasteiger partial charge < -0.3 is 13.5 Å². The fraction of sp³-hybridized carbons (Fsp3) is 0.